The topological polar surface area (TPSA) is 0 Å². The summed E-state index contributed by atoms with van der Waals surface area (Å²) < 4.78 is 0. The van der Waals surface area contributed by atoms with Crippen LogP contribution in [0.15, 0.2) is 30.8 Å². The Morgan fingerprint density at radius 3 is 2.56 bits per heavy atom. The second kappa shape index (κ2) is 4.46. The zero-order valence-electron chi connectivity index (χ0n) is 5.30. The molecular weight excluding hydrogens is 161 g/mol. The molecule has 0 N–H and O–H groups in total. The summed E-state index contributed by atoms with van der Waals surface area (Å²) in [5.41, 5.74) is 1.05. The van der Waals surface area contributed by atoms with Crippen LogP contribution in [0.1, 0.15) is 5.56 Å². The quantitative estimate of drug-likeness (QED) is 0.445. The molecule has 1 heteroatoms. The van der Waals surface area contributed by atoms with E-state index in [0.29, 0.717) is 0 Å². The molecule has 1 aromatic carbocycles. The standard InChI is InChI=1S/C8H7.Zn/c1-2-8-6-4-3-5-7-8;/h2-6H,1H2;/q-1;. The Morgan fingerprint density at radius 1 is 1.44 bits per heavy atom. The summed E-state index contributed by atoms with van der Waals surface area (Å²) in [5, 5.41) is 0. The van der Waals surface area contributed by atoms with E-state index >= 15 is 0 Å². The van der Waals surface area contributed by atoms with E-state index in [4.69, 9.17) is 0 Å². The van der Waals surface area contributed by atoms with Gasteiger partial charge in [0.15, 0.2) is 0 Å². The molecule has 0 aliphatic carbocycles. The van der Waals surface area contributed by atoms with Crippen LogP contribution in [0.2, 0.25) is 0 Å². The minimum atomic E-state index is 0. The smallest absolute Gasteiger partial charge is 0 e. The van der Waals surface area contributed by atoms with Gasteiger partial charge in [-0.2, -0.15) is 5.56 Å². The Bertz CT molecular complexity index is 167. The van der Waals surface area contributed by atoms with E-state index < -0.39 is 0 Å². The predicted molar refractivity (Wildman–Crippen MR) is 35.4 cm³/mol. The zero-order chi connectivity index (χ0) is 5.82. The molecule has 0 aliphatic heterocycles. The van der Waals surface area contributed by atoms with Crippen molar-refractivity contribution in [1.29, 1.82) is 0 Å². The Hall–Kier alpha value is -0.417. The Kier molecular flexibility index (Phi) is 4.25. The van der Waals surface area contributed by atoms with E-state index in [1.54, 1.807) is 6.08 Å². The first-order valence-corrected chi connectivity index (χ1v) is 2.52. The average Bonchev–Trinajstić information content (AvgIpc) is 1.90. The van der Waals surface area contributed by atoms with Gasteiger partial charge in [0, 0.05) is 19.5 Å². The molecule has 9 heavy (non-hydrogen) atoms. The summed E-state index contributed by atoms with van der Waals surface area (Å²) in [6.45, 7) is 3.60. The molecule has 0 aliphatic rings. The van der Waals surface area contributed by atoms with E-state index in [9.17, 15) is 0 Å². The summed E-state index contributed by atoms with van der Waals surface area (Å²) in [6.07, 6.45) is 1.78. The fraction of sp³-hybridized carbons (Fsp3) is 0. The molecule has 1 rings (SSSR count). The van der Waals surface area contributed by atoms with Crippen molar-refractivity contribution in [3.63, 3.8) is 0 Å². The van der Waals surface area contributed by atoms with Crippen molar-refractivity contribution in [2.75, 3.05) is 0 Å². The SMILES string of the molecule is C=Cc1[c-]cccc1.[Zn]. The van der Waals surface area contributed by atoms with E-state index in [0.717, 1.165) is 5.56 Å². The zero-order valence-corrected chi connectivity index (χ0v) is 8.27. The van der Waals surface area contributed by atoms with Crippen molar-refractivity contribution in [2.24, 2.45) is 0 Å². The third-order valence-electron chi connectivity index (χ3n) is 0.953. The molecule has 0 radical (unpaired) electrons. The maximum atomic E-state index is 3.60. The van der Waals surface area contributed by atoms with Crippen LogP contribution >= 0.6 is 0 Å². The summed E-state index contributed by atoms with van der Waals surface area (Å²) in [4.78, 5) is 0. The minimum Gasteiger partial charge on any atom is -0.151 e. The van der Waals surface area contributed by atoms with Crippen LogP contribution in [0.5, 0.6) is 0 Å². The van der Waals surface area contributed by atoms with Crippen LogP contribution < -0.4 is 0 Å². The average molecular weight is 169 g/mol. The third kappa shape index (κ3) is 2.57. The molecule has 42 valence electrons. The molecule has 0 atom stereocenters. The van der Waals surface area contributed by atoms with Gasteiger partial charge in [-0.15, -0.1) is 43.0 Å². The van der Waals surface area contributed by atoms with Gasteiger partial charge in [-0.3, -0.25) is 0 Å². The summed E-state index contributed by atoms with van der Waals surface area (Å²) in [6, 6.07) is 10.7. The van der Waals surface area contributed by atoms with Gasteiger partial charge in [-0.25, -0.2) is 0 Å². The van der Waals surface area contributed by atoms with Gasteiger partial charge in [0.1, 0.15) is 0 Å². The van der Waals surface area contributed by atoms with Crippen molar-refractivity contribution >= 4 is 6.08 Å². The first-order chi connectivity index (χ1) is 3.93. The number of benzene rings is 1. The van der Waals surface area contributed by atoms with Gasteiger partial charge >= 0.3 is 0 Å². The van der Waals surface area contributed by atoms with Crippen LogP contribution in [0.25, 0.3) is 6.08 Å². The first-order valence-electron chi connectivity index (χ1n) is 2.52. The second-order valence-electron chi connectivity index (χ2n) is 1.52. The summed E-state index contributed by atoms with van der Waals surface area (Å²) >= 11 is 0. The van der Waals surface area contributed by atoms with E-state index in [-0.39, 0.29) is 19.5 Å². The normalized spacial score (nSPS) is 7.56. The van der Waals surface area contributed by atoms with Gasteiger partial charge < -0.3 is 0 Å². The van der Waals surface area contributed by atoms with Crippen LogP contribution in [0.4, 0.5) is 0 Å². The van der Waals surface area contributed by atoms with Crippen LogP contribution in [0, 0.1) is 6.07 Å². The molecule has 0 heterocycles. The van der Waals surface area contributed by atoms with Gasteiger partial charge in [0.2, 0.25) is 0 Å². The maximum absolute atomic E-state index is 3.60. The molecule has 0 saturated heterocycles. The Labute approximate surface area is 68.4 Å². The van der Waals surface area contributed by atoms with Crippen LogP contribution in [-0.4, -0.2) is 0 Å². The molecule has 0 bridgehead atoms. The first kappa shape index (κ1) is 8.58. The minimum absolute atomic E-state index is 0. The van der Waals surface area contributed by atoms with Crippen molar-refractivity contribution in [3.8, 4) is 0 Å². The summed E-state index contributed by atoms with van der Waals surface area (Å²) in [5.74, 6) is 0. The molecule has 0 nitrogen and oxygen atoms in total. The Balaban J connectivity index is 0.000000640. The van der Waals surface area contributed by atoms with Crippen LogP contribution in [-0.2, 0) is 19.5 Å². The van der Waals surface area contributed by atoms with Crippen molar-refractivity contribution in [1.82, 2.24) is 0 Å². The molecule has 0 fully saturated rings. The summed E-state index contributed by atoms with van der Waals surface area (Å²) in [7, 11) is 0. The van der Waals surface area contributed by atoms with Crippen LogP contribution in [0.3, 0.4) is 0 Å². The fourth-order valence-electron chi connectivity index (χ4n) is 0.534. The van der Waals surface area contributed by atoms with Gasteiger partial charge in [0.05, 0.1) is 0 Å². The third-order valence-corrected chi connectivity index (χ3v) is 0.953. The molecular formula is C8H7Zn-. The number of rotatable bonds is 1. The van der Waals surface area contributed by atoms with Gasteiger partial charge in [-0.05, 0) is 0 Å². The van der Waals surface area contributed by atoms with E-state index in [2.05, 4.69) is 12.6 Å². The second-order valence-corrected chi connectivity index (χ2v) is 1.52. The molecule has 0 spiro atoms. The molecule has 0 unspecified atom stereocenters. The van der Waals surface area contributed by atoms with Gasteiger partial charge in [0.25, 0.3) is 0 Å². The predicted octanol–water partition coefficient (Wildman–Crippen LogP) is 2.13. The number of hydrogen-bond donors (Lipinski definition) is 0. The molecule has 0 saturated carbocycles. The number of hydrogen-bond acceptors (Lipinski definition) is 0. The molecule has 1 aromatic rings. The molecule has 0 amide bonds. The molecule has 0 aromatic heterocycles. The van der Waals surface area contributed by atoms with Crippen molar-refractivity contribution in [2.45, 2.75) is 0 Å². The van der Waals surface area contributed by atoms with E-state index in [1.165, 1.54) is 0 Å². The largest absolute Gasteiger partial charge is 0.151 e. The Morgan fingerprint density at radius 2 is 2.22 bits per heavy atom. The van der Waals surface area contributed by atoms with E-state index in [1.807, 2.05) is 24.3 Å². The fourth-order valence-corrected chi connectivity index (χ4v) is 0.534. The van der Waals surface area contributed by atoms with Crippen molar-refractivity contribution in [3.05, 3.63) is 42.5 Å². The van der Waals surface area contributed by atoms with Crippen molar-refractivity contribution < 1.29 is 19.5 Å². The van der Waals surface area contributed by atoms with Gasteiger partial charge in [-0.1, -0.05) is 0 Å². The monoisotopic (exact) mass is 167 g/mol. The maximum Gasteiger partial charge on any atom is 0 e.